The van der Waals surface area contributed by atoms with Crippen molar-refractivity contribution in [2.45, 2.75) is 12.3 Å². The third-order valence-electron chi connectivity index (χ3n) is 2.92. The van der Waals surface area contributed by atoms with Gasteiger partial charge in [0.05, 0.1) is 13.5 Å². The third kappa shape index (κ3) is 3.55. The van der Waals surface area contributed by atoms with Gasteiger partial charge in [-0.1, -0.05) is 29.8 Å². The molecule has 1 aromatic carbocycles. The van der Waals surface area contributed by atoms with Gasteiger partial charge in [-0.25, -0.2) is 0 Å². The molecule has 1 atom stereocenters. The molecule has 0 aliphatic carbocycles. The minimum Gasteiger partial charge on any atom is -0.469 e. The number of nitrogens with zero attached hydrogens (tertiary/aromatic N) is 1. The van der Waals surface area contributed by atoms with Gasteiger partial charge in [-0.05, 0) is 29.8 Å². The van der Waals surface area contributed by atoms with E-state index in [-0.39, 0.29) is 18.3 Å². The number of aromatic nitrogens is 1. The van der Waals surface area contributed by atoms with Gasteiger partial charge in [0.25, 0.3) is 0 Å². The van der Waals surface area contributed by atoms with E-state index < -0.39 is 0 Å². The highest BCUT2D eigenvalue weighted by Gasteiger charge is 2.19. The van der Waals surface area contributed by atoms with Gasteiger partial charge in [0.15, 0.2) is 0 Å². The van der Waals surface area contributed by atoms with Crippen LogP contribution in [0.25, 0.3) is 0 Å². The fraction of sp³-hybridized carbons (Fsp3) is 0.200. The maximum Gasteiger partial charge on any atom is 0.306 e. The van der Waals surface area contributed by atoms with Crippen LogP contribution >= 0.6 is 11.6 Å². The molecule has 1 aromatic heterocycles. The number of ether oxygens (including phenoxy) is 1. The van der Waals surface area contributed by atoms with Gasteiger partial charge in [-0.2, -0.15) is 0 Å². The number of carbonyl (C=O) groups is 1. The summed E-state index contributed by atoms with van der Waals surface area (Å²) in [5.74, 6) is -0.378. The lowest BCUT2D eigenvalue weighted by molar-refractivity contribution is -0.140. The number of methoxy groups -OCH3 is 1. The molecule has 1 heterocycles. The van der Waals surface area contributed by atoms with Crippen molar-refractivity contribution < 1.29 is 9.53 Å². The summed E-state index contributed by atoms with van der Waals surface area (Å²) in [6, 6.07) is 13.1. The van der Waals surface area contributed by atoms with Crippen LogP contribution in [0.2, 0.25) is 5.02 Å². The van der Waals surface area contributed by atoms with Crippen molar-refractivity contribution in [1.82, 2.24) is 4.98 Å². The van der Waals surface area contributed by atoms with E-state index in [2.05, 4.69) is 4.98 Å². The Bertz CT molecular complexity index is 540. The summed E-state index contributed by atoms with van der Waals surface area (Å²) >= 11 is 5.89. The highest BCUT2D eigenvalue weighted by molar-refractivity contribution is 6.30. The number of halogens is 1. The molecule has 0 radical (unpaired) electrons. The van der Waals surface area contributed by atoms with Gasteiger partial charge in [-0.3, -0.25) is 9.78 Å². The molecule has 0 aliphatic rings. The molecule has 0 fully saturated rings. The van der Waals surface area contributed by atoms with E-state index in [1.54, 1.807) is 6.20 Å². The van der Waals surface area contributed by atoms with Gasteiger partial charge in [0, 0.05) is 22.8 Å². The van der Waals surface area contributed by atoms with Gasteiger partial charge < -0.3 is 4.74 Å². The van der Waals surface area contributed by atoms with Crippen LogP contribution in [0.5, 0.6) is 0 Å². The lowest BCUT2D eigenvalue weighted by Gasteiger charge is -2.15. The highest BCUT2D eigenvalue weighted by Crippen LogP contribution is 2.27. The molecule has 3 nitrogen and oxygen atoms in total. The standard InChI is InChI=1S/C15H14ClNO2/c1-19-15(18)10-13(14-4-2-3-9-17-14)11-5-7-12(16)8-6-11/h2-9,13H,10H2,1H3. The first-order valence-corrected chi connectivity index (χ1v) is 6.31. The first-order chi connectivity index (χ1) is 9.20. The van der Waals surface area contributed by atoms with Gasteiger partial charge in [-0.15, -0.1) is 0 Å². The van der Waals surface area contributed by atoms with Crippen LogP contribution in [0, 0.1) is 0 Å². The Labute approximate surface area is 117 Å². The van der Waals surface area contributed by atoms with E-state index in [4.69, 9.17) is 16.3 Å². The number of hydrogen-bond donors (Lipinski definition) is 0. The molecule has 0 bridgehead atoms. The van der Waals surface area contributed by atoms with Crippen LogP contribution < -0.4 is 0 Å². The minimum atomic E-state index is -0.259. The van der Waals surface area contributed by atoms with Crippen LogP contribution in [0.4, 0.5) is 0 Å². The minimum absolute atomic E-state index is 0.120. The summed E-state index contributed by atoms with van der Waals surface area (Å²) in [5.41, 5.74) is 1.84. The molecular weight excluding hydrogens is 262 g/mol. The molecule has 4 heteroatoms. The fourth-order valence-corrected chi connectivity index (χ4v) is 2.05. The molecule has 98 valence electrons. The molecule has 0 spiro atoms. The Balaban J connectivity index is 2.34. The molecule has 1 unspecified atom stereocenters. The zero-order valence-electron chi connectivity index (χ0n) is 10.5. The van der Waals surface area contributed by atoms with Crippen molar-refractivity contribution in [3.8, 4) is 0 Å². The quantitative estimate of drug-likeness (QED) is 0.803. The fourth-order valence-electron chi connectivity index (χ4n) is 1.92. The number of hydrogen-bond acceptors (Lipinski definition) is 3. The third-order valence-corrected chi connectivity index (χ3v) is 3.17. The van der Waals surface area contributed by atoms with Crippen LogP contribution in [0.15, 0.2) is 48.7 Å². The second-order valence-electron chi connectivity index (χ2n) is 4.14. The molecule has 19 heavy (non-hydrogen) atoms. The van der Waals surface area contributed by atoms with Crippen molar-refractivity contribution in [2.24, 2.45) is 0 Å². The highest BCUT2D eigenvalue weighted by atomic mass is 35.5. The summed E-state index contributed by atoms with van der Waals surface area (Å²) in [6.45, 7) is 0. The molecule has 0 saturated heterocycles. The Morgan fingerprint density at radius 2 is 2.00 bits per heavy atom. The number of rotatable bonds is 4. The topological polar surface area (TPSA) is 39.2 Å². The second-order valence-corrected chi connectivity index (χ2v) is 4.58. The summed E-state index contributed by atoms with van der Waals surface area (Å²) in [4.78, 5) is 15.9. The van der Waals surface area contributed by atoms with E-state index in [9.17, 15) is 4.79 Å². The SMILES string of the molecule is COC(=O)CC(c1ccc(Cl)cc1)c1ccccn1. The average molecular weight is 276 g/mol. The average Bonchev–Trinajstić information content (AvgIpc) is 2.46. The predicted octanol–water partition coefficient (Wildman–Crippen LogP) is 3.43. The Hall–Kier alpha value is -1.87. The van der Waals surface area contributed by atoms with Crippen molar-refractivity contribution in [2.75, 3.05) is 7.11 Å². The number of pyridine rings is 1. The maximum absolute atomic E-state index is 11.6. The molecule has 0 N–H and O–H groups in total. The van der Waals surface area contributed by atoms with Crippen LogP contribution in [0.1, 0.15) is 23.6 Å². The Kier molecular flexibility index (Phi) is 4.53. The largest absolute Gasteiger partial charge is 0.469 e. The Morgan fingerprint density at radius 1 is 1.26 bits per heavy atom. The zero-order chi connectivity index (χ0) is 13.7. The molecule has 2 rings (SSSR count). The van der Waals surface area contributed by atoms with Crippen molar-refractivity contribution in [3.63, 3.8) is 0 Å². The smallest absolute Gasteiger partial charge is 0.306 e. The second kappa shape index (κ2) is 6.34. The number of carbonyl (C=O) groups excluding carboxylic acids is 1. The predicted molar refractivity (Wildman–Crippen MR) is 74.2 cm³/mol. The van der Waals surface area contributed by atoms with Crippen molar-refractivity contribution in [3.05, 3.63) is 64.9 Å². The van der Waals surface area contributed by atoms with E-state index in [1.807, 2.05) is 42.5 Å². The van der Waals surface area contributed by atoms with E-state index in [0.29, 0.717) is 5.02 Å². The maximum atomic E-state index is 11.6. The number of benzene rings is 1. The van der Waals surface area contributed by atoms with E-state index >= 15 is 0 Å². The van der Waals surface area contributed by atoms with E-state index in [1.165, 1.54) is 7.11 Å². The molecule has 0 saturated carbocycles. The summed E-state index contributed by atoms with van der Waals surface area (Å²) in [7, 11) is 1.39. The summed E-state index contributed by atoms with van der Waals surface area (Å²) in [6.07, 6.45) is 1.98. The summed E-state index contributed by atoms with van der Waals surface area (Å²) in [5, 5.41) is 0.668. The van der Waals surface area contributed by atoms with Gasteiger partial charge in [0.1, 0.15) is 0 Å². The monoisotopic (exact) mass is 275 g/mol. The lowest BCUT2D eigenvalue weighted by atomic mass is 9.92. The van der Waals surface area contributed by atoms with Crippen LogP contribution in [0.3, 0.4) is 0 Å². The molecule has 0 amide bonds. The first kappa shape index (κ1) is 13.6. The first-order valence-electron chi connectivity index (χ1n) is 5.94. The molecular formula is C15H14ClNO2. The zero-order valence-corrected chi connectivity index (χ0v) is 11.3. The molecule has 0 aliphatic heterocycles. The van der Waals surface area contributed by atoms with E-state index in [0.717, 1.165) is 11.3 Å². The van der Waals surface area contributed by atoms with Gasteiger partial charge in [0.2, 0.25) is 0 Å². The Morgan fingerprint density at radius 3 is 2.58 bits per heavy atom. The van der Waals surface area contributed by atoms with Crippen LogP contribution in [-0.4, -0.2) is 18.1 Å². The van der Waals surface area contributed by atoms with Crippen molar-refractivity contribution in [1.29, 1.82) is 0 Å². The van der Waals surface area contributed by atoms with Crippen molar-refractivity contribution >= 4 is 17.6 Å². The number of esters is 1. The van der Waals surface area contributed by atoms with Crippen LogP contribution in [-0.2, 0) is 9.53 Å². The summed E-state index contributed by atoms with van der Waals surface area (Å²) < 4.78 is 4.75. The lowest BCUT2D eigenvalue weighted by Crippen LogP contribution is -2.11. The normalized spacial score (nSPS) is 11.9. The molecule has 2 aromatic rings. The van der Waals surface area contributed by atoms with Gasteiger partial charge >= 0.3 is 5.97 Å².